The Morgan fingerprint density at radius 2 is 2.24 bits per heavy atom. The quantitative estimate of drug-likeness (QED) is 0.789. The molecule has 0 N–H and O–H groups in total. The fourth-order valence-electron chi connectivity index (χ4n) is 2.97. The van der Waals surface area contributed by atoms with Crippen LogP contribution in [0.25, 0.3) is 0 Å². The Bertz CT molecular complexity index is 423. The molecule has 3 rings (SSSR count). The third-order valence-corrected chi connectivity index (χ3v) is 4.10. The van der Waals surface area contributed by atoms with Crippen LogP contribution in [0.1, 0.15) is 48.4 Å². The number of likely N-dealkylation sites (tertiary alicyclic amines) is 1. The molecule has 0 radical (unpaired) electrons. The van der Waals surface area contributed by atoms with E-state index in [1.54, 1.807) is 6.07 Å². The van der Waals surface area contributed by atoms with Crippen molar-refractivity contribution in [2.24, 2.45) is 5.92 Å². The summed E-state index contributed by atoms with van der Waals surface area (Å²) >= 11 is 0. The second kappa shape index (κ2) is 4.17. The van der Waals surface area contributed by atoms with Gasteiger partial charge in [-0.1, -0.05) is 11.6 Å². The van der Waals surface area contributed by atoms with Crippen LogP contribution in [0.2, 0.25) is 0 Å². The summed E-state index contributed by atoms with van der Waals surface area (Å²) in [6, 6.07) is 2.19. The number of amides is 1. The highest BCUT2D eigenvalue weighted by Gasteiger charge is 2.38. The molecule has 1 aromatic rings. The third-order valence-electron chi connectivity index (χ3n) is 4.10. The van der Waals surface area contributed by atoms with Crippen LogP contribution in [0, 0.1) is 12.8 Å². The third kappa shape index (κ3) is 1.85. The molecule has 0 aromatic carbocycles. The van der Waals surface area contributed by atoms with Crippen LogP contribution >= 0.6 is 0 Å². The van der Waals surface area contributed by atoms with Gasteiger partial charge < -0.3 is 9.42 Å². The van der Waals surface area contributed by atoms with Crippen molar-refractivity contribution in [2.75, 3.05) is 6.54 Å². The fourth-order valence-corrected chi connectivity index (χ4v) is 2.97. The van der Waals surface area contributed by atoms with E-state index < -0.39 is 0 Å². The minimum atomic E-state index is 0.0521. The lowest BCUT2D eigenvalue weighted by Gasteiger charge is -2.36. The Kier molecular flexibility index (Phi) is 2.65. The zero-order valence-corrected chi connectivity index (χ0v) is 10.2. The molecule has 2 aliphatic rings. The van der Waals surface area contributed by atoms with Gasteiger partial charge in [-0.3, -0.25) is 4.79 Å². The summed E-state index contributed by atoms with van der Waals surface area (Å²) in [6.07, 6.45) is 6.18. The van der Waals surface area contributed by atoms with Crippen molar-refractivity contribution in [3.05, 3.63) is 17.5 Å². The van der Waals surface area contributed by atoms with Crippen molar-refractivity contribution in [1.82, 2.24) is 10.1 Å². The molecule has 1 aliphatic heterocycles. The molecule has 1 saturated carbocycles. The standard InChI is InChI=1S/C13H18N2O2/c1-9-8-11(14-17-9)13(16)15-7-3-6-12(15)10-4-2-5-10/h8,10,12H,2-7H2,1H3/t12-/m1/s1. The molecule has 92 valence electrons. The Morgan fingerprint density at radius 3 is 2.82 bits per heavy atom. The lowest BCUT2D eigenvalue weighted by atomic mass is 9.79. The first-order valence-corrected chi connectivity index (χ1v) is 6.50. The van der Waals surface area contributed by atoms with E-state index in [0.717, 1.165) is 25.3 Å². The summed E-state index contributed by atoms with van der Waals surface area (Å²) in [4.78, 5) is 14.3. The van der Waals surface area contributed by atoms with Gasteiger partial charge in [0.1, 0.15) is 5.76 Å². The highest BCUT2D eigenvalue weighted by atomic mass is 16.5. The summed E-state index contributed by atoms with van der Waals surface area (Å²) in [5, 5.41) is 3.83. The molecule has 1 atom stereocenters. The fraction of sp³-hybridized carbons (Fsp3) is 0.692. The van der Waals surface area contributed by atoms with Crippen LogP contribution in [0.5, 0.6) is 0 Å². The van der Waals surface area contributed by atoms with E-state index in [0.29, 0.717) is 17.5 Å². The van der Waals surface area contributed by atoms with E-state index in [-0.39, 0.29) is 5.91 Å². The molecule has 0 bridgehead atoms. The van der Waals surface area contributed by atoms with Gasteiger partial charge in [-0.05, 0) is 38.5 Å². The van der Waals surface area contributed by atoms with Crippen molar-refractivity contribution >= 4 is 5.91 Å². The van der Waals surface area contributed by atoms with Crippen LogP contribution in [-0.4, -0.2) is 28.6 Å². The molecular formula is C13H18N2O2. The van der Waals surface area contributed by atoms with E-state index in [2.05, 4.69) is 5.16 Å². The molecule has 0 unspecified atom stereocenters. The topological polar surface area (TPSA) is 46.3 Å². The highest BCUT2D eigenvalue weighted by molar-refractivity contribution is 5.92. The molecule has 2 heterocycles. The first-order chi connectivity index (χ1) is 8.25. The average molecular weight is 234 g/mol. The maximum absolute atomic E-state index is 12.3. The zero-order valence-electron chi connectivity index (χ0n) is 10.2. The maximum Gasteiger partial charge on any atom is 0.276 e. The Balaban J connectivity index is 1.76. The average Bonchev–Trinajstić information content (AvgIpc) is 2.84. The molecular weight excluding hydrogens is 216 g/mol. The molecule has 0 spiro atoms. The van der Waals surface area contributed by atoms with E-state index in [4.69, 9.17) is 4.52 Å². The normalized spacial score (nSPS) is 25.0. The Labute approximate surface area is 101 Å². The number of hydrogen-bond acceptors (Lipinski definition) is 3. The lowest BCUT2D eigenvalue weighted by molar-refractivity contribution is 0.0616. The zero-order chi connectivity index (χ0) is 11.8. The van der Waals surface area contributed by atoms with Gasteiger partial charge in [0.05, 0.1) is 0 Å². The number of carbonyl (C=O) groups excluding carboxylic acids is 1. The second-order valence-electron chi connectivity index (χ2n) is 5.22. The number of aromatic nitrogens is 1. The summed E-state index contributed by atoms with van der Waals surface area (Å²) in [5.74, 6) is 1.48. The van der Waals surface area contributed by atoms with E-state index in [1.165, 1.54) is 19.3 Å². The van der Waals surface area contributed by atoms with Gasteiger partial charge in [-0.2, -0.15) is 0 Å². The predicted octanol–water partition coefficient (Wildman–Crippen LogP) is 2.39. The predicted molar refractivity (Wildman–Crippen MR) is 62.6 cm³/mol. The van der Waals surface area contributed by atoms with Gasteiger partial charge in [-0.25, -0.2) is 0 Å². The molecule has 4 heteroatoms. The Hall–Kier alpha value is -1.32. The van der Waals surface area contributed by atoms with Crippen molar-refractivity contribution < 1.29 is 9.32 Å². The van der Waals surface area contributed by atoms with Crippen molar-refractivity contribution in [1.29, 1.82) is 0 Å². The van der Waals surface area contributed by atoms with Crippen LogP contribution in [0.4, 0.5) is 0 Å². The van der Waals surface area contributed by atoms with Crippen LogP contribution in [-0.2, 0) is 0 Å². The maximum atomic E-state index is 12.3. The van der Waals surface area contributed by atoms with Crippen molar-refractivity contribution in [3.8, 4) is 0 Å². The van der Waals surface area contributed by atoms with Gasteiger partial charge in [0.2, 0.25) is 0 Å². The minimum absolute atomic E-state index is 0.0521. The Morgan fingerprint density at radius 1 is 1.41 bits per heavy atom. The van der Waals surface area contributed by atoms with Crippen molar-refractivity contribution in [3.63, 3.8) is 0 Å². The van der Waals surface area contributed by atoms with Gasteiger partial charge in [0.25, 0.3) is 5.91 Å². The van der Waals surface area contributed by atoms with Gasteiger partial charge in [0, 0.05) is 18.7 Å². The molecule has 17 heavy (non-hydrogen) atoms. The first kappa shape index (κ1) is 10.8. The first-order valence-electron chi connectivity index (χ1n) is 6.50. The number of rotatable bonds is 2. The molecule has 4 nitrogen and oxygen atoms in total. The highest BCUT2D eigenvalue weighted by Crippen LogP contribution is 2.37. The number of aryl methyl sites for hydroxylation is 1. The minimum Gasteiger partial charge on any atom is -0.361 e. The monoisotopic (exact) mass is 234 g/mol. The summed E-state index contributed by atoms with van der Waals surface area (Å²) in [7, 11) is 0. The van der Waals surface area contributed by atoms with Crippen molar-refractivity contribution in [2.45, 2.75) is 45.1 Å². The SMILES string of the molecule is Cc1cc(C(=O)N2CCC[C@@H]2C2CCC2)no1. The van der Waals surface area contributed by atoms with Gasteiger partial charge >= 0.3 is 0 Å². The lowest BCUT2D eigenvalue weighted by Crippen LogP contribution is -2.42. The largest absolute Gasteiger partial charge is 0.361 e. The molecule has 2 fully saturated rings. The smallest absolute Gasteiger partial charge is 0.276 e. The summed E-state index contributed by atoms with van der Waals surface area (Å²) in [5.41, 5.74) is 0.466. The molecule has 1 aromatic heterocycles. The molecule has 1 saturated heterocycles. The van der Waals surface area contributed by atoms with Crippen LogP contribution in [0.3, 0.4) is 0 Å². The number of nitrogens with zero attached hydrogens (tertiary/aromatic N) is 2. The number of carbonyl (C=O) groups is 1. The summed E-state index contributed by atoms with van der Waals surface area (Å²) in [6.45, 7) is 2.70. The van der Waals surface area contributed by atoms with E-state index >= 15 is 0 Å². The van der Waals surface area contributed by atoms with Gasteiger partial charge in [-0.15, -0.1) is 0 Å². The van der Waals surface area contributed by atoms with E-state index in [1.807, 2.05) is 11.8 Å². The molecule has 1 aliphatic carbocycles. The van der Waals surface area contributed by atoms with Crippen LogP contribution in [0.15, 0.2) is 10.6 Å². The number of hydrogen-bond donors (Lipinski definition) is 0. The molecule has 1 amide bonds. The summed E-state index contributed by atoms with van der Waals surface area (Å²) < 4.78 is 4.98. The van der Waals surface area contributed by atoms with Gasteiger partial charge in [0.15, 0.2) is 5.69 Å². The van der Waals surface area contributed by atoms with Crippen LogP contribution < -0.4 is 0 Å². The van der Waals surface area contributed by atoms with E-state index in [9.17, 15) is 4.79 Å². The second-order valence-corrected chi connectivity index (χ2v) is 5.22.